The van der Waals surface area contributed by atoms with Crippen molar-refractivity contribution in [1.82, 2.24) is 0 Å². The molecule has 26 heavy (non-hydrogen) atoms. The second-order valence-electron chi connectivity index (χ2n) is 5.79. The van der Waals surface area contributed by atoms with Crippen LogP contribution in [0.4, 0.5) is 0 Å². The molecule has 3 nitrogen and oxygen atoms in total. The first-order chi connectivity index (χ1) is 12.7. The summed E-state index contributed by atoms with van der Waals surface area (Å²) in [4.78, 5) is 11.4. The maximum Gasteiger partial charge on any atom is 0.308 e. The molecule has 0 unspecified atom stereocenters. The van der Waals surface area contributed by atoms with Crippen LogP contribution in [0.25, 0.3) is 0 Å². The molecule has 0 spiro atoms. The van der Waals surface area contributed by atoms with E-state index in [-0.39, 0.29) is 11.9 Å². The molecule has 3 aromatic carbocycles. The summed E-state index contributed by atoms with van der Waals surface area (Å²) in [6.45, 7) is 1.43. The van der Waals surface area contributed by atoms with E-state index in [2.05, 4.69) is 29.0 Å². The van der Waals surface area contributed by atoms with Crippen LogP contribution in [0.3, 0.4) is 0 Å². The molecule has 3 heteroatoms. The molecule has 0 bridgehead atoms. The van der Waals surface area contributed by atoms with Crippen molar-refractivity contribution in [2.75, 3.05) is 14.2 Å². The Labute approximate surface area is 155 Å². The molecule has 0 aliphatic rings. The van der Waals surface area contributed by atoms with Crippen molar-refractivity contribution < 1.29 is 14.3 Å². The van der Waals surface area contributed by atoms with Gasteiger partial charge in [-0.25, -0.2) is 0 Å². The lowest BCUT2D eigenvalue weighted by molar-refractivity contribution is -0.131. The molecule has 0 N–H and O–H groups in total. The second kappa shape index (κ2) is 10.2. The van der Waals surface area contributed by atoms with Gasteiger partial charge in [0.25, 0.3) is 0 Å². The van der Waals surface area contributed by atoms with Gasteiger partial charge in [0, 0.05) is 32.6 Å². The molecular weight excluding hydrogens is 324 g/mol. The Morgan fingerprint density at radius 3 is 1.62 bits per heavy atom. The lowest BCUT2D eigenvalue weighted by Gasteiger charge is -2.21. The summed E-state index contributed by atoms with van der Waals surface area (Å²) in [5.74, 6) is 0.322. The molecule has 3 rings (SSSR count). The fourth-order valence-corrected chi connectivity index (χ4v) is 2.81. The highest BCUT2D eigenvalue weighted by molar-refractivity contribution is 5.70. The summed E-state index contributed by atoms with van der Waals surface area (Å²) < 4.78 is 9.68. The van der Waals surface area contributed by atoms with Crippen LogP contribution < -0.4 is 4.74 Å². The van der Waals surface area contributed by atoms with Crippen LogP contribution in [0.5, 0.6) is 5.75 Å². The molecular formula is C23H24O3. The Morgan fingerprint density at radius 1 is 0.731 bits per heavy atom. The van der Waals surface area contributed by atoms with Gasteiger partial charge in [-0.2, -0.15) is 0 Å². The van der Waals surface area contributed by atoms with Crippen molar-refractivity contribution in [3.05, 3.63) is 102 Å². The van der Waals surface area contributed by atoms with Crippen molar-refractivity contribution in [1.29, 1.82) is 0 Å². The predicted molar refractivity (Wildman–Crippen MR) is 105 cm³/mol. The zero-order valence-corrected chi connectivity index (χ0v) is 15.4. The first-order valence-corrected chi connectivity index (χ1v) is 8.44. The average molecular weight is 348 g/mol. The van der Waals surface area contributed by atoms with E-state index in [0.29, 0.717) is 5.75 Å². The average Bonchev–Trinajstić information content (AvgIpc) is 2.65. The summed E-state index contributed by atoms with van der Waals surface area (Å²) >= 11 is 0. The van der Waals surface area contributed by atoms with E-state index in [9.17, 15) is 4.79 Å². The number of hydrogen-bond donors (Lipinski definition) is 0. The summed E-state index contributed by atoms with van der Waals surface area (Å²) in [5.41, 5.74) is 3.32. The Bertz CT molecular complexity index is 758. The zero-order chi connectivity index (χ0) is 18.8. The highest BCUT2D eigenvalue weighted by Crippen LogP contribution is 2.37. The molecule has 0 aliphatic heterocycles. The maximum absolute atomic E-state index is 11.4. The van der Waals surface area contributed by atoms with E-state index < -0.39 is 0 Å². The van der Waals surface area contributed by atoms with Crippen molar-refractivity contribution in [3.8, 4) is 5.75 Å². The number of carbonyl (C=O) groups is 1. The first-order valence-electron chi connectivity index (χ1n) is 8.44. The van der Waals surface area contributed by atoms with Crippen molar-refractivity contribution in [3.63, 3.8) is 0 Å². The molecule has 0 amide bonds. The van der Waals surface area contributed by atoms with Gasteiger partial charge in [0.05, 0.1) is 0 Å². The SMILES string of the molecule is CC(=O)Oc1ccccc1C(c1ccccc1)c1ccccc1.COC. The van der Waals surface area contributed by atoms with Gasteiger partial charge in [0.2, 0.25) is 0 Å². The topological polar surface area (TPSA) is 35.5 Å². The molecule has 0 saturated carbocycles. The van der Waals surface area contributed by atoms with Crippen LogP contribution in [0.15, 0.2) is 84.9 Å². The van der Waals surface area contributed by atoms with Crippen molar-refractivity contribution >= 4 is 5.97 Å². The lowest BCUT2D eigenvalue weighted by atomic mass is 9.85. The number of para-hydroxylation sites is 1. The molecule has 3 aromatic rings. The van der Waals surface area contributed by atoms with Crippen molar-refractivity contribution in [2.45, 2.75) is 12.8 Å². The Balaban J connectivity index is 0.000000758. The van der Waals surface area contributed by atoms with Crippen LogP contribution in [0, 0.1) is 0 Å². The third-order valence-electron chi connectivity index (χ3n) is 3.75. The van der Waals surface area contributed by atoms with E-state index >= 15 is 0 Å². The molecule has 0 aliphatic carbocycles. The standard InChI is InChI=1S/C21H18O2.C2H6O/c1-16(22)23-20-15-9-8-14-19(20)21(17-10-4-2-5-11-17)18-12-6-3-7-13-18;1-3-2/h2-15,21H,1H3;1-2H3. The maximum atomic E-state index is 11.4. The molecule has 0 heterocycles. The number of methoxy groups -OCH3 is 1. The number of hydrogen-bond acceptors (Lipinski definition) is 3. The van der Waals surface area contributed by atoms with Gasteiger partial charge in [0.1, 0.15) is 5.75 Å². The largest absolute Gasteiger partial charge is 0.426 e. The van der Waals surface area contributed by atoms with E-state index in [1.807, 2.05) is 60.7 Å². The minimum atomic E-state index is -0.308. The van der Waals surface area contributed by atoms with E-state index in [4.69, 9.17) is 4.74 Å². The van der Waals surface area contributed by atoms with E-state index in [1.54, 1.807) is 14.2 Å². The molecule has 0 saturated heterocycles. The third-order valence-corrected chi connectivity index (χ3v) is 3.75. The van der Waals surface area contributed by atoms with Crippen LogP contribution in [0.1, 0.15) is 29.5 Å². The number of benzene rings is 3. The van der Waals surface area contributed by atoms with Crippen LogP contribution in [-0.4, -0.2) is 20.2 Å². The normalized spacial score (nSPS) is 10.0. The lowest BCUT2D eigenvalue weighted by Crippen LogP contribution is -2.09. The van der Waals surface area contributed by atoms with Crippen LogP contribution in [-0.2, 0) is 9.53 Å². The monoisotopic (exact) mass is 348 g/mol. The van der Waals surface area contributed by atoms with Gasteiger partial charge in [0.15, 0.2) is 0 Å². The molecule has 0 radical (unpaired) electrons. The number of ether oxygens (including phenoxy) is 2. The highest BCUT2D eigenvalue weighted by atomic mass is 16.5. The Hall–Kier alpha value is -2.91. The zero-order valence-electron chi connectivity index (χ0n) is 15.4. The Morgan fingerprint density at radius 2 is 1.15 bits per heavy atom. The summed E-state index contributed by atoms with van der Waals surface area (Å²) in [5, 5.41) is 0. The highest BCUT2D eigenvalue weighted by Gasteiger charge is 2.20. The van der Waals surface area contributed by atoms with Gasteiger partial charge < -0.3 is 9.47 Å². The fraction of sp³-hybridized carbons (Fsp3) is 0.174. The third kappa shape index (κ3) is 5.30. The number of esters is 1. The smallest absolute Gasteiger partial charge is 0.308 e. The van der Waals surface area contributed by atoms with Gasteiger partial charge in [-0.15, -0.1) is 0 Å². The minimum absolute atomic E-state index is 0.0212. The van der Waals surface area contributed by atoms with Crippen molar-refractivity contribution in [2.24, 2.45) is 0 Å². The number of rotatable bonds is 4. The van der Waals surface area contributed by atoms with E-state index in [0.717, 1.165) is 5.56 Å². The predicted octanol–water partition coefficient (Wildman–Crippen LogP) is 5.05. The quantitative estimate of drug-likeness (QED) is 0.376. The van der Waals surface area contributed by atoms with E-state index in [1.165, 1.54) is 18.1 Å². The molecule has 0 aromatic heterocycles. The second-order valence-corrected chi connectivity index (χ2v) is 5.79. The summed E-state index contributed by atoms with van der Waals surface area (Å²) in [6, 6.07) is 28.2. The van der Waals surface area contributed by atoms with Gasteiger partial charge in [-0.1, -0.05) is 78.9 Å². The minimum Gasteiger partial charge on any atom is -0.426 e. The molecule has 134 valence electrons. The number of carbonyl (C=O) groups excluding carboxylic acids is 1. The summed E-state index contributed by atoms with van der Waals surface area (Å²) in [6.07, 6.45) is 0. The van der Waals surface area contributed by atoms with Gasteiger partial charge in [-0.05, 0) is 17.2 Å². The van der Waals surface area contributed by atoms with Gasteiger partial charge in [-0.3, -0.25) is 4.79 Å². The molecule has 0 fully saturated rings. The van der Waals surface area contributed by atoms with Gasteiger partial charge >= 0.3 is 5.97 Å². The fourth-order valence-electron chi connectivity index (χ4n) is 2.81. The molecule has 0 atom stereocenters. The first kappa shape index (κ1) is 19.4. The summed E-state index contributed by atoms with van der Waals surface area (Å²) in [7, 11) is 3.25. The van der Waals surface area contributed by atoms with Crippen LogP contribution >= 0.6 is 0 Å². The Kier molecular flexibility index (Phi) is 7.59. The van der Waals surface area contributed by atoms with Crippen LogP contribution in [0.2, 0.25) is 0 Å².